The van der Waals surface area contributed by atoms with Gasteiger partial charge in [0, 0.05) is 17.2 Å². The molecule has 2 rings (SSSR count). The van der Waals surface area contributed by atoms with Gasteiger partial charge in [-0.25, -0.2) is 4.98 Å². The number of rotatable bonds is 6. The number of benzene rings is 1. The molecule has 22 heavy (non-hydrogen) atoms. The third-order valence-electron chi connectivity index (χ3n) is 2.95. The molecule has 0 aliphatic rings. The third kappa shape index (κ3) is 4.30. The van der Waals surface area contributed by atoms with Crippen molar-refractivity contribution in [3.63, 3.8) is 0 Å². The van der Waals surface area contributed by atoms with Gasteiger partial charge in [0.05, 0.1) is 7.11 Å². The van der Waals surface area contributed by atoms with Crippen molar-refractivity contribution in [3.05, 3.63) is 46.1 Å². The Balaban J connectivity index is 2.12. The van der Waals surface area contributed by atoms with E-state index in [0.717, 1.165) is 21.4 Å². The highest BCUT2D eigenvalue weighted by molar-refractivity contribution is 9.10. The summed E-state index contributed by atoms with van der Waals surface area (Å²) < 4.78 is 35.2. The molecule has 1 aromatic heterocycles. The van der Waals surface area contributed by atoms with Crippen molar-refractivity contribution >= 4 is 21.7 Å². The lowest BCUT2D eigenvalue weighted by Crippen LogP contribution is -2.06. The number of ether oxygens (including phenoxy) is 2. The molecule has 7 heteroatoms. The molecule has 1 N–H and O–H groups in total. The Hall–Kier alpha value is -1.89. The zero-order chi connectivity index (χ0) is 16.1. The molecule has 0 radical (unpaired) electrons. The van der Waals surface area contributed by atoms with E-state index in [-0.39, 0.29) is 11.5 Å². The van der Waals surface area contributed by atoms with Crippen molar-refractivity contribution in [3.8, 4) is 11.5 Å². The summed E-state index contributed by atoms with van der Waals surface area (Å²) in [7, 11) is 1.40. The summed E-state index contributed by atoms with van der Waals surface area (Å²) in [4.78, 5) is 4.26. The van der Waals surface area contributed by atoms with Crippen LogP contribution in [0.15, 0.2) is 34.9 Å². The van der Waals surface area contributed by atoms with Crippen LogP contribution in [-0.2, 0) is 6.54 Å². The van der Waals surface area contributed by atoms with E-state index in [9.17, 15) is 8.78 Å². The van der Waals surface area contributed by atoms with Crippen LogP contribution in [0, 0.1) is 6.92 Å². The molecule has 1 heterocycles. The third-order valence-corrected chi connectivity index (χ3v) is 3.38. The summed E-state index contributed by atoms with van der Waals surface area (Å²) in [5.74, 6) is 1.01. The normalized spacial score (nSPS) is 10.6. The number of hydrogen-bond donors (Lipinski definition) is 1. The topological polar surface area (TPSA) is 43.4 Å². The Morgan fingerprint density at radius 2 is 2.05 bits per heavy atom. The van der Waals surface area contributed by atoms with Crippen molar-refractivity contribution in [1.82, 2.24) is 4.98 Å². The summed E-state index contributed by atoms with van der Waals surface area (Å²) in [5, 5.41) is 3.16. The fourth-order valence-electron chi connectivity index (χ4n) is 1.93. The molecule has 0 saturated carbocycles. The van der Waals surface area contributed by atoms with Gasteiger partial charge in [-0.2, -0.15) is 8.78 Å². The highest BCUT2D eigenvalue weighted by Gasteiger charge is 2.11. The number of alkyl halides is 2. The summed E-state index contributed by atoms with van der Waals surface area (Å²) in [6.07, 6.45) is 1.69. The van der Waals surface area contributed by atoms with E-state index in [0.29, 0.717) is 6.54 Å². The average molecular weight is 373 g/mol. The average Bonchev–Trinajstić information content (AvgIpc) is 2.46. The first kappa shape index (κ1) is 16.5. The van der Waals surface area contributed by atoms with E-state index in [1.54, 1.807) is 18.3 Å². The highest BCUT2D eigenvalue weighted by atomic mass is 79.9. The molecule has 0 amide bonds. The second-order valence-corrected chi connectivity index (χ2v) is 5.45. The lowest BCUT2D eigenvalue weighted by Gasteiger charge is -2.13. The highest BCUT2D eigenvalue weighted by Crippen LogP contribution is 2.29. The van der Waals surface area contributed by atoms with Gasteiger partial charge in [0.1, 0.15) is 5.82 Å². The fourth-order valence-corrected chi connectivity index (χ4v) is 2.38. The minimum Gasteiger partial charge on any atom is -0.493 e. The van der Waals surface area contributed by atoms with Crippen LogP contribution >= 0.6 is 15.9 Å². The first-order chi connectivity index (χ1) is 10.5. The van der Waals surface area contributed by atoms with E-state index in [4.69, 9.17) is 4.74 Å². The number of nitrogens with one attached hydrogen (secondary N) is 1. The van der Waals surface area contributed by atoms with Crippen LogP contribution < -0.4 is 14.8 Å². The van der Waals surface area contributed by atoms with Crippen LogP contribution in [0.25, 0.3) is 0 Å². The molecule has 0 atom stereocenters. The van der Waals surface area contributed by atoms with Crippen LogP contribution in [0.4, 0.5) is 14.6 Å². The van der Waals surface area contributed by atoms with Gasteiger partial charge in [0.15, 0.2) is 11.5 Å². The van der Waals surface area contributed by atoms with Crippen LogP contribution in [0.2, 0.25) is 0 Å². The van der Waals surface area contributed by atoms with Crippen LogP contribution in [0.3, 0.4) is 0 Å². The second kappa shape index (κ2) is 7.40. The molecule has 0 spiro atoms. The number of pyridine rings is 1. The first-order valence-corrected chi connectivity index (χ1v) is 7.26. The van der Waals surface area contributed by atoms with Gasteiger partial charge in [0.2, 0.25) is 0 Å². The maximum absolute atomic E-state index is 12.4. The van der Waals surface area contributed by atoms with E-state index in [2.05, 4.69) is 31.0 Å². The van der Waals surface area contributed by atoms with Gasteiger partial charge in [-0.05, 0) is 52.2 Å². The summed E-state index contributed by atoms with van der Waals surface area (Å²) in [6.45, 7) is -0.536. The predicted octanol–water partition coefficient (Wildman–Crippen LogP) is 4.37. The quantitative estimate of drug-likeness (QED) is 0.817. The lowest BCUT2D eigenvalue weighted by molar-refractivity contribution is -0.0512. The standard InChI is InChI=1S/C15H15BrF2N2O2/c1-9-5-11(16)8-20-14(9)19-7-10-3-4-12(21-2)13(6-10)22-15(17)18/h3-6,8,15H,7H2,1-2H3,(H,19,20). The summed E-state index contributed by atoms with van der Waals surface area (Å²) in [6, 6.07) is 6.83. The van der Waals surface area contributed by atoms with Gasteiger partial charge in [-0.15, -0.1) is 0 Å². The Labute approximate surface area is 135 Å². The first-order valence-electron chi connectivity index (χ1n) is 6.47. The molecule has 1 aromatic carbocycles. The minimum atomic E-state index is -2.90. The van der Waals surface area contributed by atoms with Crippen molar-refractivity contribution in [2.75, 3.05) is 12.4 Å². The molecule has 0 unspecified atom stereocenters. The zero-order valence-electron chi connectivity index (χ0n) is 12.1. The summed E-state index contributed by atoms with van der Waals surface area (Å²) >= 11 is 3.35. The molecule has 4 nitrogen and oxygen atoms in total. The second-order valence-electron chi connectivity index (χ2n) is 4.54. The number of hydrogen-bond acceptors (Lipinski definition) is 4. The van der Waals surface area contributed by atoms with E-state index < -0.39 is 6.61 Å². The lowest BCUT2D eigenvalue weighted by atomic mass is 10.2. The minimum absolute atomic E-state index is 0.0114. The van der Waals surface area contributed by atoms with Gasteiger partial charge >= 0.3 is 6.61 Å². The van der Waals surface area contributed by atoms with Gasteiger partial charge in [0.25, 0.3) is 0 Å². The largest absolute Gasteiger partial charge is 0.493 e. The number of methoxy groups -OCH3 is 1. The fraction of sp³-hybridized carbons (Fsp3) is 0.267. The van der Waals surface area contributed by atoms with Crippen molar-refractivity contribution in [2.45, 2.75) is 20.1 Å². The van der Waals surface area contributed by atoms with Crippen molar-refractivity contribution in [1.29, 1.82) is 0 Å². The summed E-state index contributed by atoms with van der Waals surface area (Å²) in [5.41, 5.74) is 1.76. The van der Waals surface area contributed by atoms with Crippen molar-refractivity contribution in [2.24, 2.45) is 0 Å². The van der Waals surface area contributed by atoms with Crippen LogP contribution in [0.5, 0.6) is 11.5 Å². The number of anilines is 1. The molecular formula is C15H15BrF2N2O2. The molecular weight excluding hydrogens is 358 g/mol. The molecule has 0 fully saturated rings. The Morgan fingerprint density at radius 3 is 2.68 bits per heavy atom. The molecule has 0 aliphatic carbocycles. The van der Waals surface area contributed by atoms with Crippen LogP contribution in [-0.4, -0.2) is 18.7 Å². The van der Waals surface area contributed by atoms with E-state index in [1.807, 2.05) is 13.0 Å². The van der Waals surface area contributed by atoms with Crippen molar-refractivity contribution < 1.29 is 18.3 Å². The number of aromatic nitrogens is 1. The Kier molecular flexibility index (Phi) is 5.54. The predicted molar refractivity (Wildman–Crippen MR) is 83.6 cm³/mol. The number of aryl methyl sites for hydroxylation is 1. The molecule has 118 valence electrons. The maximum Gasteiger partial charge on any atom is 0.387 e. The number of halogens is 3. The Bertz CT molecular complexity index is 653. The molecule has 0 bridgehead atoms. The monoisotopic (exact) mass is 372 g/mol. The smallest absolute Gasteiger partial charge is 0.387 e. The van der Waals surface area contributed by atoms with Crippen LogP contribution in [0.1, 0.15) is 11.1 Å². The van der Waals surface area contributed by atoms with E-state index in [1.165, 1.54) is 13.2 Å². The zero-order valence-corrected chi connectivity index (χ0v) is 13.7. The maximum atomic E-state index is 12.4. The molecule has 0 saturated heterocycles. The molecule has 2 aromatic rings. The SMILES string of the molecule is COc1ccc(CNc2ncc(Br)cc2C)cc1OC(F)F. The molecule has 0 aliphatic heterocycles. The number of nitrogens with zero attached hydrogens (tertiary/aromatic N) is 1. The van der Waals surface area contributed by atoms with Gasteiger partial charge < -0.3 is 14.8 Å². The van der Waals surface area contributed by atoms with Gasteiger partial charge in [-0.3, -0.25) is 0 Å². The van der Waals surface area contributed by atoms with E-state index >= 15 is 0 Å². The Morgan fingerprint density at radius 1 is 1.27 bits per heavy atom. The van der Waals surface area contributed by atoms with Gasteiger partial charge in [-0.1, -0.05) is 6.07 Å².